The molecule has 0 aromatic carbocycles. The molecule has 4 nitrogen and oxygen atoms in total. The summed E-state index contributed by atoms with van der Waals surface area (Å²) >= 11 is 6.18. The van der Waals surface area contributed by atoms with Gasteiger partial charge in [0.1, 0.15) is 5.75 Å². The van der Waals surface area contributed by atoms with Crippen LogP contribution in [0.4, 0.5) is 0 Å². The summed E-state index contributed by atoms with van der Waals surface area (Å²) in [5.74, 6) is 1.17. The van der Waals surface area contributed by atoms with E-state index in [0.717, 1.165) is 11.3 Å². The maximum absolute atomic E-state index is 6.18. The van der Waals surface area contributed by atoms with Crippen LogP contribution in [0.15, 0.2) is 30.6 Å². The van der Waals surface area contributed by atoms with Gasteiger partial charge >= 0.3 is 0 Å². The lowest BCUT2D eigenvalue weighted by Gasteiger charge is -2.21. The minimum absolute atomic E-state index is 0.0223. The van der Waals surface area contributed by atoms with Crippen molar-refractivity contribution in [3.8, 4) is 11.6 Å². The Labute approximate surface area is 130 Å². The number of hydrogen-bond acceptors (Lipinski definition) is 4. The lowest BCUT2D eigenvalue weighted by molar-refractivity contribution is 0.421. The summed E-state index contributed by atoms with van der Waals surface area (Å²) < 4.78 is 5.70. The van der Waals surface area contributed by atoms with Crippen LogP contribution in [0.25, 0.3) is 0 Å². The molecule has 2 aromatic rings. The van der Waals surface area contributed by atoms with Gasteiger partial charge in [0.15, 0.2) is 0 Å². The molecule has 2 rings (SSSR count). The molecule has 1 N–H and O–H groups in total. The van der Waals surface area contributed by atoms with E-state index < -0.39 is 0 Å². The van der Waals surface area contributed by atoms with E-state index >= 15 is 0 Å². The van der Waals surface area contributed by atoms with Gasteiger partial charge < -0.3 is 10.1 Å². The third kappa shape index (κ3) is 4.99. The molecule has 0 aliphatic carbocycles. The van der Waals surface area contributed by atoms with E-state index in [9.17, 15) is 0 Å². The van der Waals surface area contributed by atoms with Crippen LogP contribution < -0.4 is 10.1 Å². The van der Waals surface area contributed by atoms with Gasteiger partial charge in [0, 0.05) is 30.0 Å². The number of hydrogen-bond donors (Lipinski definition) is 1. The standard InChI is InChI=1S/C16H20ClN3O/c1-11-5-6-13(9-18-11)21-15-7-12(14(17)10-19-15)8-20-16(2,3)4/h5-7,9-10,20H,8H2,1-4H3. The molecule has 112 valence electrons. The van der Waals surface area contributed by atoms with E-state index in [-0.39, 0.29) is 5.54 Å². The van der Waals surface area contributed by atoms with Crippen LogP contribution in [-0.4, -0.2) is 15.5 Å². The summed E-state index contributed by atoms with van der Waals surface area (Å²) in [5.41, 5.74) is 1.92. The van der Waals surface area contributed by atoms with Gasteiger partial charge in [0.25, 0.3) is 0 Å². The predicted molar refractivity (Wildman–Crippen MR) is 84.9 cm³/mol. The third-order valence-corrected chi connectivity index (χ3v) is 3.17. The number of nitrogens with zero attached hydrogens (tertiary/aromatic N) is 2. The first-order valence-electron chi connectivity index (χ1n) is 6.83. The average Bonchev–Trinajstić information content (AvgIpc) is 2.41. The van der Waals surface area contributed by atoms with E-state index in [4.69, 9.17) is 16.3 Å². The SMILES string of the molecule is Cc1ccc(Oc2cc(CNC(C)(C)C)c(Cl)cn2)cn1. The minimum atomic E-state index is 0.0223. The van der Waals surface area contributed by atoms with Crippen LogP contribution in [0.2, 0.25) is 5.02 Å². The number of aromatic nitrogens is 2. The second-order valence-electron chi connectivity index (χ2n) is 5.95. The highest BCUT2D eigenvalue weighted by atomic mass is 35.5. The zero-order valence-corrected chi connectivity index (χ0v) is 13.5. The Bertz CT molecular complexity index is 606. The third-order valence-electron chi connectivity index (χ3n) is 2.83. The second-order valence-corrected chi connectivity index (χ2v) is 6.36. The number of nitrogens with one attached hydrogen (secondary N) is 1. The summed E-state index contributed by atoms with van der Waals surface area (Å²) in [6.07, 6.45) is 3.29. The van der Waals surface area contributed by atoms with Gasteiger partial charge in [-0.1, -0.05) is 11.6 Å². The number of rotatable bonds is 4. The van der Waals surface area contributed by atoms with Crippen molar-refractivity contribution in [3.05, 3.63) is 46.9 Å². The predicted octanol–water partition coefficient (Wildman–Crippen LogP) is 4.12. The van der Waals surface area contributed by atoms with Gasteiger partial charge in [0.05, 0.1) is 11.2 Å². The van der Waals surface area contributed by atoms with Gasteiger partial charge in [-0.15, -0.1) is 0 Å². The van der Waals surface area contributed by atoms with Crippen LogP contribution in [0.1, 0.15) is 32.0 Å². The first kappa shape index (κ1) is 15.7. The number of pyridine rings is 2. The number of aryl methyl sites for hydroxylation is 1. The Kier molecular flexibility index (Phi) is 4.80. The largest absolute Gasteiger partial charge is 0.437 e. The molecule has 0 bridgehead atoms. The van der Waals surface area contributed by atoms with Crippen molar-refractivity contribution in [2.24, 2.45) is 0 Å². The van der Waals surface area contributed by atoms with Gasteiger partial charge in [-0.2, -0.15) is 0 Å². The molecule has 0 spiro atoms. The van der Waals surface area contributed by atoms with Crippen LogP contribution in [0.3, 0.4) is 0 Å². The molecule has 5 heteroatoms. The van der Waals surface area contributed by atoms with Crippen LogP contribution in [-0.2, 0) is 6.54 Å². The average molecular weight is 306 g/mol. The summed E-state index contributed by atoms with van der Waals surface area (Å²) in [6.45, 7) is 8.92. The first-order valence-corrected chi connectivity index (χ1v) is 7.21. The number of ether oxygens (including phenoxy) is 1. The first-order chi connectivity index (χ1) is 9.83. The lowest BCUT2D eigenvalue weighted by atomic mass is 10.1. The van der Waals surface area contributed by atoms with Crippen molar-refractivity contribution in [2.45, 2.75) is 39.8 Å². The van der Waals surface area contributed by atoms with Crippen LogP contribution in [0.5, 0.6) is 11.6 Å². The molecule has 0 aliphatic heterocycles. The number of halogens is 1. The van der Waals surface area contributed by atoms with E-state index in [2.05, 4.69) is 36.1 Å². The highest BCUT2D eigenvalue weighted by Gasteiger charge is 2.11. The molecule has 0 saturated heterocycles. The quantitative estimate of drug-likeness (QED) is 0.923. The maximum Gasteiger partial charge on any atom is 0.219 e. The molecule has 0 unspecified atom stereocenters. The summed E-state index contributed by atoms with van der Waals surface area (Å²) in [4.78, 5) is 8.38. The molecule has 2 aromatic heterocycles. The Morgan fingerprint density at radius 1 is 1.19 bits per heavy atom. The molecule has 0 saturated carbocycles. The monoisotopic (exact) mass is 305 g/mol. The highest BCUT2D eigenvalue weighted by molar-refractivity contribution is 6.31. The van der Waals surface area contributed by atoms with Crippen molar-refractivity contribution in [2.75, 3.05) is 0 Å². The van der Waals surface area contributed by atoms with Gasteiger partial charge in [-0.05, 0) is 45.4 Å². The normalized spacial score (nSPS) is 11.5. The summed E-state index contributed by atoms with van der Waals surface area (Å²) in [6, 6.07) is 5.61. The fourth-order valence-corrected chi connectivity index (χ4v) is 1.82. The highest BCUT2D eigenvalue weighted by Crippen LogP contribution is 2.24. The molecular weight excluding hydrogens is 286 g/mol. The molecule has 0 radical (unpaired) electrons. The van der Waals surface area contributed by atoms with E-state index in [1.165, 1.54) is 0 Å². The fraction of sp³-hybridized carbons (Fsp3) is 0.375. The van der Waals surface area contributed by atoms with E-state index in [1.54, 1.807) is 12.4 Å². The Morgan fingerprint density at radius 3 is 2.57 bits per heavy atom. The molecular formula is C16H20ClN3O. The molecule has 0 amide bonds. The van der Waals surface area contributed by atoms with Crippen molar-refractivity contribution < 1.29 is 4.74 Å². The molecule has 21 heavy (non-hydrogen) atoms. The molecule has 0 fully saturated rings. The zero-order valence-electron chi connectivity index (χ0n) is 12.8. The Balaban J connectivity index is 2.12. The van der Waals surface area contributed by atoms with Gasteiger partial charge in [-0.3, -0.25) is 4.98 Å². The summed E-state index contributed by atoms with van der Waals surface area (Å²) in [7, 11) is 0. The van der Waals surface area contributed by atoms with E-state index in [0.29, 0.717) is 23.2 Å². The van der Waals surface area contributed by atoms with Crippen LogP contribution >= 0.6 is 11.6 Å². The van der Waals surface area contributed by atoms with E-state index in [1.807, 2.05) is 25.1 Å². The van der Waals surface area contributed by atoms with Crippen molar-refractivity contribution >= 4 is 11.6 Å². The smallest absolute Gasteiger partial charge is 0.219 e. The minimum Gasteiger partial charge on any atom is -0.437 e. The van der Waals surface area contributed by atoms with Gasteiger partial charge in [0.2, 0.25) is 5.88 Å². The summed E-state index contributed by atoms with van der Waals surface area (Å²) in [5, 5.41) is 4.02. The van der Waals surface area contributed by atoms with Crippen molar-refractivity contribution in [3.63, 3.8) is 0 Å². The maximum atomic E-state index is 6.18. The fourth-order valence-electron chi connectivity index (χ4n) is 1.65. The Morgan fingerprint density at radius 2 is 1.95 bits per heavy atom. The molecule has 0 aliphatic rings. The topological polar surface area (TPSA) is 47.0 Å². The Hall–Kier alpha value is -1.65. The van der Waals surface area contributed by atoms with Crippen molar-refractivity contribution in [1.82, 2.24) is 15.3 Å². The zero-order chi connectivity index (χ0) is 15.5. The van der Waals surface area contributed by atoms with Crippen molar-refractivity contribution in [1.29, 1.82) is 0 Å². The second kappa shape index (κ2) is 6.41. The molecule has 2 heterocycles. The van der Waals surface area contributed by atoms with Crippen LogP contribution in [0, 0.1) is 6.92 Å². The van der Waals surface area contributed by atoms with Gasteiger partial charge in [-0.25, -0.2) is 4.98 Å². The molecule has 0 atom stereocenters. The lowest BCUT2D eigenvalue weighted by Crippen LogP contribution is -2.35.